The van der Waals surface area contributed by atoms with Crippen LogP contribution in [0.5, 0.6) is 5.75 Å². The Morgan fingerprint density at radius 2 is 2.00 bits per heavy atom. The van der Waals surface area contributed by atoms with Gasteiger partial charge in [-0.15, -0.1) is 0 Å². The predicted octanol–water partition coefficient (Wildman–Crippen LogP) is 4.84. The lowest BCUT2D eigenvalue weighted by Crippen LogP contribution is -2.22. The van der Waals surface area contributed by atoms with Crippen molar-refractivity contribution < 1.29 is 5.11 Å². The van der Waals surface area contributed by atoms with Crippen molar-refractivity contribution in [1.82, 2.24) is 4.90 Å². The molecule has 0 aliphatic rings. The lowest BCUT2D eigenvalue weighted by atomic mass is 10.1. The molecule has 0 saturated heterocycles. The maximum atomic E-state index is 9.58. The molecule has 0 aromatic heterocycles. The minimum Gasteiger partial charge on any atom is -0.508 e. The normalized spacial score (nSPS) is 12.7. The van der Waals surface area contributed by atoms with E-state index in [-0.39, 0.29) is 6.04 Å². The van der Waals surface area contributed by atoms with Crippen molar-refractivity contribution in [3.63, 3.8) is 0 Å². The molecule has 0 bridgehead atoms. The zero-order valence-corrected chi connectivity index (χ0v) is 14.4. The zero-order valence-electron chi connectivity index (χ0n) is 11.5. The molecule has 2 aromatic rings. The van der Waals surface area contributed by atoms with Crippen LogP contribution in [0.25, 0.3) is 0 Å². The third kappa shape index (κ3) is 3.87. The SMILES string of the molecule is CC(c1cccc(O)c1)N(C)Cc1cc(Cl)ccc1I. The van der Waals surface area contributed by atoms with E-state index in [1.807, 2.05) is 36.4 Å². The number of benzene rings is 2. The van der Waals surface area contributed by atoms with Crippen molar-refractivity contribution >= 4 is 34.2 Å². The maximum Gasteiger partial charge on any atom is 0.115 e. The van der Waals surface area contributed by atoms with E-state index in [9.17, 15) is 5.11 Å². The molecule has 0 aliphatic heterocycles. The third-order valence-electron chi connectivity index (χ3n) is 3.44. The number of hydrogen-bond acceptors (Lipinski definition) is 2. The summed E-state index contributed by atoms with van der Waals surface area (Å²) in [7, 11) is 2.08. The van der Waals surface area contributed by atoms with Crippen LogP contribution in [0.1, 0.15) is 24.1 Å². The van der Waals surface area contributed by atoms with Crippen molar-refractivity contribution in [2.45, 2.75) is 19.5 Å². The lowest BCUT2D eigenvalue weighted by molar-refractivity contribution is 0.252. The largest absolute Gasteiger partial charge is 0.508 e. The van der Waals surface area contributed by atoms with E-state index in [1.165, 1.54) is 9.13 Å². The Morgan fingerprint density at radius 1 is 1.25 bits per heavy atom. The summed E-state index contributed by atoms with van der Waals surface area (Å²) in [5, 5.41) is 10.3. The minimum atomic E-state index is 0.219. The highest BCUT2D eigenvalue weighted by Gasteiger charge is 2.14. The van der Waals surface area contributed by atoms with Crippen LogP contribution in [0, 0.1) is 3.57 Å². The van der Waals surface area contributed by atoms with E-state index >= 15 is 0 Å². The van der Waals surface area contributed by atoms with Gasteiger partial charge in [-0.2, -0.15) is 0 Å². The summed E-state index contributed by atoms with van der Waals surface area (Å²) in [6, 6.07) is 13.6. The second-order valence-electron chi connectivity index (χ2n) is 4.92. The van der Waals surface area contributed by atoms with Gasteiger partial charge in [-0.1, -0.05) is 23.7 Å². The Morgan fingerprint density at radius 3 is 2.70 bits per heavy atom. The Hall–Kier alpha value is -0.780. The second-order valence-corrected chi connectivity index (χ2v) is 6.52. The molecule has 2 nitrogen and oxygen atoms in total. The van der Waals surface area contributed by atoms with Crippen LogP contribution in [0.15, 0.2) is 42.5 Å². The van der Waals surface area contributed by atoms with Gasteiger partial charge in [0, 0.05) is 21.2 Å². The first kappa shape index (κ1) is 15.6. The number of rotatable bonds is 4. The van der Waals surface area contributed by atoms with Crippen molar-refractivity contribution in [1.29, 1.82) is 0 Å². The molecule has 0 aliphatic carbocycles. The number of halogens is 2. The fourth-order valence-electron chi connectivity index (χ4n) is 2.11. The fourth-order valence-corrected chi connectivity index (χ4v) is 2.81. The average molecular weight is 402 g/mol. The van der Waals surface area contributed by atoms with Crippen LogP contribution >= 0.6 is 34.2 Å². The third-order valence-corrected chi connectivity index (χ3v) is 4.73. The summed E-state index contributed by atoms with van der Waals surface area (Å²) in [4.78, 5) is 2.24. The van der Waals surface area contributed by atoms with Crippen LogP contribution in [-0.2, 0) is 6.54 Å². The molecular formula is C16H17ClINO. The molecule has 4 heteroatoms. The first-order chi connectivity index (χ1) is 9.47. The minimum absolute atomic E-state index is 0.219. The van der Waals surface area contributed by atoms with Gasteiger partial charge in [0.1, 0.15) is 5.75 Å². The monoisotopic (exact) mass is 401 g/mol. The van der Waals surface area contributed by atoms with E-state index < -0.39 is 0 Å². The summed E-state index contributed by atoms with van der Waals surface area (Å²) in [6.07, 6.45) is 0. The smallest absolute Gasteiger partial charge is 0.115 e. The molecule has 2 aromatic carbocycles. The van der Waals surface area contributed by atoms with Gasteiger partial charge in [-0.25, -0.2) is 0 Å². The summed E-state index contributed by atoms with van der Waals surface area (Å²) < 4.78 is 1.21. The van der Waals surface area contributed by atoms with E-state index in [4.69, 9.17) is 11.6 Å². The molecule has 1 unspecified atom stereocenters. The van der Waals surface area contributed by atoms with E-state index in [0.717, 1.165) is 17.1 Å². The van der Waals surface area contributed by atoms with E-state index in [1.54, 1.807) is 6.07 Å². The van der Waals surface area contributed by atoms with Crippen LogP contribution in [0.3, 0.4) is 0 Å². The van der Waals surface area contributed by atoms with Gasteiger partial charge >= 0.3 is 0 Å². The number of nitrogens with zero attached hydrogens (tertiary/aromatic N) is 1. The van der Waals surface area contributed by atoms with Crippen LogP contribution < -0.4 is 0 Å². The van der Waals surface area contributed by atoms with Gasteiger partial charge in [0.25, 0.3) is 0 Å². The Kier molecular flexibility index (Phi) is 5.29. The van der Waals surface area contributed by atoms with Crippen molar-refractivity contribution in [3.05, 3.63) is 62.2 Å². The Balaban J connectivity index is 2.15. The van der Waals surface area contributed by atoms with Crippen molar-refractivity contribution in [2.24, 2.45) is 0 Å². The summed E-state index contributed by atoms with van der Waals surface area (Å²) in [5.41, 5.74) is 2.32. The molecule has 1 N–H and O–H groups in total. The Bertz CT molecular complexity index is 603. The number of phenolic OH excluding ortho intramolecular Hbond substituents is 1. The summed E-state index contributed by atoms with van der Waals surface area (Å²) >= 11 is 8.39. The molecule has 20 heavy (non-hydrogen) atoms. The highest BCUT2D eigenvalue weighted by Crippen LogP contribution is 2.26. The van der Waals surface area contributed by atoms with Crippen LogP contribution in [-0.4, -0.2) is 17.1 Å². The summed E-state index contributed by atoms with van der Waals surface area (Å²) in [5.74, 6) is 0.306. The van der Waals surface area contributed by atoms with Gasteiger partial charge in [0.05, 0.1) is 0 Å². The molecule has 0 amide bonds. The molecule has 106 valence electrons. The fraction of sp³-hybridized carbons (Fsp3) is 0.250. The van der Waals surface area contributed by atoms with Crippen LogP contribution in [0.2, 0.25) is 5.02 Å². The predicted molar refractivity (Wildman–Crippen MR) is 92.2 cm³/mol. The number of aromatic hydroxyl groups is 1. The highest BCUT2D eigenvalue weighted by atomic mass is 127. The Labute approximate surface area is 138 Å². The number of phenols is 1. The molecule has 1 atom stereocenters. The van der Waals surface area contributed by atoms with Gasteiger partial charge in [-0.3, -0.25) is 4.90 Å². The van der Waals surface area contributed by atoms with Crippen molar-refractivity contribution in [2.75, 3.05) is 7.05 Å². The van der Waals surface area contributed by atoms with Crippen LogP contribution in [0.4, 0.5) is 0 Å². The van der Waals surface area contributed by atoms with Gasteiger partial charge in [-0.05, 0) is 78.0 Å². The van der Waals surface area contributed by atoms with E-state index in [0.29, 0.717) is 5.75 Å². The van der Waals surface area contributed by atoms with E-state index in [2.05, 4.69) is 41.5 Å². The average Bonchev–Trinajstić information content (AvgIpc) is 2.42. The molecule has 0 heterocycles. The van der Waals surface area contributed by atoms with Crippen molar-refractivity contribution in [3.8, 4) is 5.75 Å². The lowest BCUT2D eigenvalue weighted by Gasteiger charge is -2.25. The molecule has 0 spiro atoms. The topological polar surface area (TPSA) is 23.5 Å². The maximum absolute atomic E-state index is 9.58. The van der Waals surface area contributed by atoms with Gasteiger partial charge < -0.3 is 5.11 Å². The number of hydrogen-bond donors (Lipinski definition) is 1. The van der Waals surface area contributed by atoms with Gasteiger partial charge in [0.15, 0.2) is 0 Å². The first-order valence-electron chi connectivity index (χ1n) is 6.40. The quantitative estimate of drug-likeness (QED) is 0.741. The molecule has 0 fully saturated rings. The summed E-state index contributed by atoms with van der Waals surface area (Å²) in [6.45, 7) is 2.95. The first-order valence-corrected chi connectivity index (χ1v) is 7.86. The molecule has 0 saturated carbocycles. The molecular weight excluding hydrogens is 385 g/mol. The molecule has 0 radical (unpaired) electrons. The molecule has 2 rings (SSSR count). The zero-order chi connectivity index (χ0) is 14.7. The van der Waals surface area contributed by atoms with Gasteiger partial charge in [0.2, 0.25) is 0 Å². The highest BCUT2D eigenvalue weighted by molar-refractivity contribution is 14.1. The standard InChI is InChI=1S/C16H17ClINO/c1-11(12-4-3-5-15(20)9-12)19(2)10-13-8-14(17)6-7-16(13)18/h3-9,11,20H,10H2,1-2H3. The second kappa shape index (κ2) is 6.78.